The molecule has 3 aromatic rings. The summed E-state index contributed by atoms with van der Waals surface area (Å²) in [7, 11) is 0. The van der Waals surface area contributed by atoms with Crippen LogP contribution in [0.3, 0.4) is 0 Å². The molecule has 2 N–H and O–H groups in total. The predicted molar refractivity (Wildman–Crippen MR) is 125 cm³/mol. The van der Waals surface area contributed by atoms with Crippen LogP contribution in [0.1, 0.15) is 23.2 Å². The molecule has 0 radical (unpaired) electrons. The summed E-state index contributed by atoms with van der Waals surface area (Å²) < 4.78 is 11.5. The number of nitrogens with one attached hydrogen (secondary N) is 2. The van der Waals surface area contributed by atoms with Crippen LogP contribution in [-0.2, 0) is 4.79 Å². The second-order valence-corrected chi connectivity index (χ2v) is 8.03. The number of anilines is 2. The van der Waals surface area contributed by atoms with Gasteiger partial charge in [-0.2, -0.15) is 0 Å². The van der Waals surface area contributed by atoms with Crippen molar-refractivity contribution in [3.05, 3.63) is 82.3 Å². The lowest BCUT2D eigenvalue weighted by molar-refractivity contribution is -0.116. The number of carbonyl (C=O) groups is 2. The molecular formula is C24H20Cl2N2O4. The minimum atomic E-state index is -0.354. The Morgan fingerprint density at radius 1 is 0.875 bits per heavy atom. The van der Waals surface area contributed by atoms with Crippen molar-refractivity contribution in [2.45, 2.75) is 18.9 Å². The Bertz CT molecular complexity index is 1110. The van der Waals surface area contributed by atoms with Crippen molar-refractivity contribution in [2.24, 2.45) is 0 Å². The molecule has 164 valence electrons. The third-order valence-corrected chi connectivity index (χ3v) is 5.52. The Balaban J connectivity index is 1.28. The van der Waals surface area contributed by atoms with Gasteiger partial charge >= 0.3 is 0 Å². The lowest BCUT2D eigenvalue weighted by atomic mass is 10.1. The van der Waals surface area contributed by atoms with E-state index in [1.807, 2.05) is 24.3 Å². The van der Waals surface area contributed by atoms with Crippen LogP contribution in [0.5, 0.6) is 11.5 Å². The third-order valence-electron chi connectivity index (χ3n) is 4.89. The topological polar surface area (TPSA) is 76.7 Å². The lowest BCUT2D eigenvalue weighted by Crippen LogP contribution is -2.30. The average molecular weight is 471 g/mol. The largest absolute Gasteiger partial charge is 0.486 e. The number of benzene rings is 3. The van der Waals surface area contributed by atoms with Gasteiger partial charge in [0.25, 0.3) is 5.91 Å². The van der Waals surface area contributed by atoms with E-state index >= 15 is 0 Å². The number of carbonyl (C=O) groups excluding carboxylic acids is 2. The van der Waals surface area contributed by atoms with Gasteiger partial charge in [0.05, 0.1) is 15.7 Å². The van der Waals surface area contributed by atoms with Crippen molar-refractivity contribution >= 4 is 46.4 Å². The molecule has 0 fully saturated rings. The van der Waals surface area contributed by atoms with Crippen LogP contribution >= 0.6 is 23.2 Å². The molecule has 3 aromatic carbocycles. The Morgan fingerprint density at radius 3 is 2.28 bits per heavy atom. The second kappa shape index (κ2) is 9.94. The number of rotatable bonds is 6. The van der Waals surface area contributed by atoms with Crippen LogP contribution < -0.4 is 20.1 Å². The van der Waals surface area contributed by atoms with Gasteiger partial charge in [-0.3, -0.25) is 9.59 Å². The normalized spacial score (nSPS) is 14.5. The number of amides is 2. The quantitative estimate of drug-likeness (QED) is 0.476. The maximum absolute atomic E-state index is 12.5. The lowest BCUT2D eigenvalue weighted by Gasteiger charge is -2.26. The SMILES string of the molecule is O=C(CC[C@H]1COc2ccccc2O1)Nc1ccc(C(=O)Nc2c(Cl)cccc2Cl)cc1. The maximum Gasteiger partial charge on any atom is 0.255 e. The zero-order valence-electron chi connectivity index (χ0n) is 16.9. The average Bonchev–Trinajstić information content (AvgIpc) is 2.80. The highest BCUT2D eigenvalue weighted by Gasteiger charge is 2.21. The first-order chi connectivity index (χ1) is 15.5. The van der Waals surface area contributed by atoms with Crippen LogP contribution in [-0.4, -0.2) is 24.5 Å². The molecular weight excluding hydrogens is 451 g/mol. The third kappa shape index (κ3) is 5.33. The molecule has 1 heterocycles. The first-order valence-electron chi connectivity index (χ1n) is 10.0. The molecule has 1 atom stereocenters. The molecule has 8 heteroatoms. The van der Waals surface area contributed by atoms with Crippen molar-refractivity contribution in [3.8, 4) is 11.5 Å². The van der Waals surface area contributed by atoms with E-state index in [-0.39, 0.29) is 24.3 Å². The van der Waals surface area contributed by atoms with Gasteiger partial charge in [-0.05, 0) is 55.0 Å². The van der Waals surface area contributed by atoms with Gasteiger partial charge in [0.2, 0.25) is 5.91 Å². The van der Waals surface area contributed by atoms with Crippen LogP contribution in [0.4, 0.5) is 11.4 Å². The second-order valence-electron chi connectivity index (χ2n) is 7.21. The highest BCUT2D eigenvalue weighted by molar-refractivity contribution is 6.40. The van der Waals surface area contributed by atoms with Gasteiger partial charge in [-0.25, -0.2) is 0 Å². The molecule has 1 aliphatic heterocycles. The predicted octanol–water partition coefficient (Wildman–Crippen LogP) is 5.80. The highest BCUT2D eigenvalue weighted by Crippen LogP contribution is 2.32. The first-order valence-corrected chi connectivity index (χ1v) is 10.8. The number of fused-ring (bicyclic) bond motifs is 1. The summed E-state index contributed by atoms with van der Waals surface area (Å²) in [5.41, 5.74) is 1.36. The fourth-order valence-corrected chi connectivity index (χ4v) is 3.72. The molecule has 2 amide bonds. The molecule has 0 unspecified atom stereocenters. The van der Waals surface area contributed by atoms with Crippen molar-refractivity contribution in [1.29, 1.82) is 0 Å². The fourth-order valence-electron chi connectivity index (χ4n) is 3.23. The molecule has 0 aromatic heterocycles. The molecule has 4 rings (SSSR count). The Morgan fingerprint density at radius 2 is 1.56 bits per heavy atom. The summed E-state index contributed by atoms with van der Waals surface area (Å²) in [5, 5.41) is 6.23. The smallest absolute Gasteiger partial charge is 0.255 e. The number of hydrogen-bond donors (Lipinski definition) is 2. The molecule has 0 spiro atoms. The van der Waals surface area contributed by atoms with Crippen molar-refractivity contribution in [2.75, 3.05) is 17.2 Å². The van der Waals surface area contributed by atoms with E-state index in [1.54, 1.807) is 42.5 Å². The van der Waals surface area contributed by atoms with E-state index in [1.165, 1.54) is 0 Å². The molecule has 0 bridgehead atoms. The fraction of sp³-hybridized carbons (Fsp3) is 0.167. The zero-order chi connectivity index (χ0) is 22.5. The van der Waals surface area contributed by atoms with E-state index in [4.69, 9.17) is 32.7 Å². The number of ether oxygens (including phenoxy) is 2. The molecule has 0 saturated carbocycles. The summed E-state index contributed by atoms with van der Waals surface area (Å²) in [6.45, 7) is 0.406. The van der Waals surface area contributed by atoms with E-state index in [0.717, 1.165) is 0 Å². The summed E-state index contributed by atoms with van der Waals surface area (Å²) >= 11 is 12.2. The maximum atomic E-state index is 12.5. The van der Waals surface area contributed by atoms with Crippen LogP contribution in [0.25, 0.3) is 0 Å². The van der Waals surface area contributed by atoms with Crippen molar-refractivity contribution < 1.29 is 19.1 Å². The van der Waals surface area contributed by atoms with E-state index < -0.39 is 0 Å². The van der Waals surface area contributed by atoms with Gasteiger partial charge in [-0.15, -0.1) is 0 Å². The van der Waals surface area contributed by atoms with Crippen molar-refractivity contribution in [1.82, 2.24) is 0 Å². The molecule has 0 aliphatic carbocycles. The number of hydrogen-bond acceptors (Lipinski definition) is 4. The highest BCUT2D eigenvalue weighted by atomic mass is 35.5. The van der Waals surface area contributed by atoms with E-state index in [9.17, 15) is 9.59 Å². The first kappa shape index (κ1) is 22.0. The minimum absolute atomic E-state index is 0.146. The molecule has 6 nitrogen and oxygen atoms in total. The van der Waals surface area contributed by atoms with Gasteiger partial charge in [0, 0.05) is 17.7 Å². The molecule has 0 saturated heterocycles. The van der Waals surface area contributed by atoms with Crippen molar-refractivity contribution in [3.63, 3.8) is 0 Å². The summed E-state index contributed by atoms with van der Waals surface area (Å²) in [6.07, 6.45) is 0.626. The molecule has 32 heavy (non-hydrogen) atoms. The Kier molecular flexibility index (Phi) is 6.83. The minimum Gasteiger partial charge on any atom is -0.486 e. The summed E-state index contributed by atoms with van der Waals surface area (Å²) in [5.74, 6) is 0.908. The van der Waals surface area contributed by atoms with Crippen LogP contribution in [0, 0.1) is 0 Å². The number of para-hydroxylation sites is 3. The Hall–Kier alpha value is -3.22. The Labute approximate surface area is 195 Å². The summed E-state index contributed by atoms with van der Waals surface area (Å²) in [4.78, 5) is 24.8. The standard InChI is InChI=1S/C24H20Cl2N2O4/c25-18-4-3-5-19(26)23(18)28-24(30)15-8-10-16(11-9-15)27-22(29)13-12-17-14-31-20-6-1-2-7-21(20)32-17/h1-11,17H,12-14H2,(H,27,29)(H,28,30)/t17-/m0/s1. The summed E-state index contributed by atoms with van der Waals surface area (Å²) in [6, 6.07) is 19.0. The van der Waals surface area contributed by atoms with E-state index in [2.05, 4.69) is 10.6 Å². The zero-order valence-corrected chi connectivity index (χ0v) is 18.5. The van der Waals surface area contributed by atoms with Crippen LogP contribution in [0.15, 0.2) is 66.7 Å². The van der Waals surface area contributed by atoms with E-state index in [0.29, 0.717) is 51.5 Å². The van der Waals surface area contributed by atoms with Gasteiger partial charge < -0.3 is 20.1 Å². The van der Waals surface area contributed by atoms with Gasteiger partial charge in [-0.1, -0.05) is 41.4 Å². The monoisotopic (exact) mass is 470 g/mol. The van der Waals surface area contributed by atoms with Gasteiger partial charge in [0.15, 0.2) is 11.5 Å². The van der Waals surface area contributed by atoms with Gasteiger partial charge in [0.1, 0.15) is 12.7 Å². The number of halogens is 2. The van der Waals surface area contributed by atoms with Crippen LogP contribution in [0.2, 0.25) is 10.0 Å². The molecule has 1 aliphatic rings.